The Labute approximate surface area is 115 Å². The monoisotopic (exact) mass is 255 g/mol. The van der Waals surface area contributed by atoms with E-state index in [2.05, 4.69) is 24.3 Å². The van der Waals surface area contributed by atoms with Gasteiger partial charge in [0.05, 0.1) is 12.6 Å². The third-order valence-corrected chi connectivity index (χ3v) is 3.12. The van der Waals surface area contributed by atoms with Crippen LogP contribution < -0.4 is 5.73 Å². The summed E-state index contributed by atoms with van der Waals surface area (Å²) in [7, 11) is 0. The zero-order valence-electron chi connectivity index (χ0n) is 11.2. The average Bonchev–Trinajstić information content (AvgIpc) is 2.49. The summed E-state index contributed by atoms with van der Waals surface area (Å²) in [5.74, 6) is 0. The lowest BCUT2D eigenvalue weighted by molar-refractivity contribution is 0.119. The summed E-state index contributed by atoms with van der Waals surface area (Å²) in [6.07, 6.45) is 2.09. The number of rotatable bonds is 7. The van der Waals surface area contributed by atoms with Gasteiger partial charge in [-0.2, -0.15) is 0 Å². The van der Waals surface area contributed by atoms with Crippen LogP contribution in [-0.2, 0) is 11.2 Å². The van der Waals surface area contributed by atoms with E-state index in [1.165, 1.54) is 5.56 Å². The molecule has 2 heteroatoms. The molecule has 19 heavy (non-hydrogen) atoms. The highest BCUT2D eigenvalue weighted by Gasteiger charge is 2.04. The molecule has 0 saturated heterocycles. The Morgan fingerprint density at radius 1 is 0.895 bits per heavy atom. The molecule has 0 radical (unpaired) electrons. The molecule has 2 rings (SSSR count). The van der Waals surface area contributed by atoms with E-state index in [1.54, 1.807) is 0 Å². The first-order chi connectivity index (χ1) is 9.36. The normalized spacial score (nSPS) is 12.3. The Hall–Kier alpha value is -1.64. The van der Waals surface area contributed by atoms with Gasteiger partial charge >= 0.3 is 0 Å². The van der Waals surface area contributed by atoms with E-state index in [1.807, 2.05) is 36.4 Å². The summed E-state index contributed by atoms with van der Waals surface area (Å²) in [4.78, 5) is 0. The Balaban J connectivity index is 1.62. The Morgan fingerprint density at radius 2 is 1.53 bits per heavy atom. The van der Waals surface area contributed by atoms with Crippen molar-refractivity contribution in [3.05, 3.63) is 71.8 Å². The van der Waals surface area contributed by atoms with Crippen LogP contribution in [0.3, 0.4) is 0 Å². The molecule has 0 aliphatic carbocycles. The molecule has 100 valence electrons. The molecule has 0 spiro atoms. The van der Waals surface area contributed by atoms with E-state index in [9.17, 15) is 0 Å². The van der Waals surface area contributed by atoms with Crippen molar-refractivity contribution in [3.8, 4) is 0 Å². The van der Waals surface area contributed by atoms with E-state index < -0.39 is 0 Å². The van der Waals surface area contributed by atoms with Crippen molar-refractivity contribution < 1.29 is 4.74 Å². The minimum absolute atomic E-state index is 0.0297. The molecule has 0 aliphatic rings. The predicted molar refractivity (Wildman–Crippen MR) is 79.0 cm³/mol. The van der Waals surface area contributed by atoms with Crippen LogP contribution in [0, 0.1) is 0 Å². The fourth-order valence-corrected chi connectivity index (χ4v) is 2.03. The van der Waals surface area contributed by atoms with Crippen LogP contribution in [-0.4, -0.2) is 13.2 Å². The summed E-state index contributed by atoms with van der Waals surface area (Å²) in [6, 6.07) is 20.5. The minimum atomic E-state index is -0.0297. The molecule has 0 fully saturated rings. The SMILES string of the molecule is NC(COCCCc1ccccc1)c1ccccc1. The van der Waals surface area contributed by atoms with Gasteiger partial charge in [-0.25, -0.2) is 0 Å². The zero-order chi connectivity index (χ0) is 13.3. The predicted octanol–water partition coefficient (Wildman–Crippen LogP) is 3.34. The third kappa shape index (κ3) is 4.86. The van der Waals surface area contributed by atoms with Gasteiger partial charge in [-0.3, -0.25) is 0 Å². The van der Waals surface area contributed by atoms with E-state index in [0.717, 1.165) is 25.0 Å². The molecule has 0 aliphatic heterocycles. The van der Waals surface area contributed by atoms with Gasteiger partial charge in [-0.15, -0.1) is 0 Å². The van der Waals surface area contributed by atoms with Crippen molar-refractivity contribution in [1.82, 2.24) is 0 Å². The van der Waals surface area contributed by atoms with E-state index >= 15 is 0 Å². The molecule has 0 saturated carbocycles. The van der Waals surface area contributed by atoms with Gasteiger partial charge in [0.1, 0.15) is 0 Å². The molecule has 1 atom stereocenters. The third-order valence-electron chi connectivity index (χ3n) is 3.12. The Morgan fingerprint density at radius 3 is 2.21 bits per heavy atom. The molecule has 0 bridgehead atoms. The second-order valence-electron chi connectivity index (χ2n) is 4.68. The van der Waals surface area contributed by atoms with Crippen molar-refractivity contribution in [1.29, 1.82) is 0 Å². The largest absolute Gasteiger partial charge is 0.379 e. The molecular weight excluding hydrogens is 234 g/mol. The van der Waals surface area contributed by atoms with Crippen LogP contribution in [0.5, 0.6) is 0 Å². The molecule has 0 aromatic heterocycles. The number of aryl methyl sites for hydroxylation is 1. The van der Waals surface area contributed by atoms with Crippen molar-refractivity contribution in [2.24, 2.45) is 5.73 Å². The van der Waals surface area contributed by atoms with Gasteiger partial charge in [-0.05, 0) is 24.0 Å². The standard InChI is InChI=1S/C17H21NO/c18-17(16-11-5-2-6-12-16)14-19-13-7-10-15-8-3-1-4-9-15/h1-6,8-9,11-12,17H,7,10,13-14,18H2. The highest BCUT2D eigenvalue weighted by atomic mass is 16.5. The second-order valence-corrected chi connectivity index (χ2v) is 4.68. The van der Waals surface area contributed by atoms with Crippen LogP contribution in [0.4, 0.5) is 0 Å². The first-order valence-corrected chi connectivity index (χ1v) is 6.78. The fraction of sp³-hybridized carbons (Fsp3) is 0.294. The van der Waals surface area contributed by atoms with Crippen LogP contribution in [0.2, 0.25) is 0 Å². The summed E-state index contributed by atoms with van der Waals surface area (Å²) in [5.41, 5.74) is 8.55. The molecule has 1 unspecified atom stereocenters. The zero-order valence-corrected chi connectivity index (χ0v) is 11.2. The summed E-state index contributed by atoms with van der Waals surface area (Å²) >= 11 is 0. The topological polar surface area (TPSA) is 35.2 Å². The van der Waals surface area contributed by atoms with E-state index in [0.29, 0.717) is 6.61 Å². The first-order valence-electron chi connectivity index (χ1n) is 6.78. The number of hydrogen-bond donors (Lipinski definition) is 1. The minimum Gasteiger partial charge on any atom is -0.379 e. The van der Waals surface area contributed by atoms with Crippen LogP contribution in [0.15, 0.2) is 60.7 Å². The summed E-state index contributed by atoms with van der Waals surface area (Å²) in [5, 5.41) is 0. The van der Waals surface area contributed by atoms with Gasteiger partial charge in [0, 0.05) is 6.61 Å². The second kappa shape index (κ2) is 7.72. The highest BCUT2D eigenvalue weighted by molar-refractivity contribution is 5.18. The number of ether oxygens (including phenoxy) is 1. The van der Waals surface area contributed by atoms with Crippen molar-refractivity contribution in [2.45, 2.75) is 18.9 Å². The molecule has 2 aromatic carbocycles. The molecule has 0 amide bonds. The van der Waals surface area contributed by atoms with Crippen molar-refractivity contribution in [3.63, 3.8) is 0 Å². The molecule has 2 aromatic rings. The molecular formula is C17H21NO. The number of benzene rings is 2. The van der Waals surface area contributed by atoms with E-state index in [4.69, 9.17) is 10.5 Å². The number of hydrogen-bond acceptors (Lipinski definition) is 2. The maximum Gasteiger partial charge on any atom is 0.0659 e. The van der Waals surface area contributed by atoms with Crippen molar-refractivity contribution in [2.75, 3.05) is 13.2 Å². The van der Waals surface area contributed by atoms with Gasteiger partial charge < -0.3 is 10.5 Å². The van der Waals surface area contributed by atoms with Gasteiger partial charge in [0.15, 0.2) is 0 Å². The number of nitrogens with two attached hydrogens (primary N) is 1. The van der Waals surface area contributed by atoms with Crippen molar-refractivity contribution >= 4 is 0 Å². The smallest absolute Gasteiger partial charge is 0.0659 e. The lowest BCUT2D eigenvalue weighted by Crippen LogP contribution is -2.17. The van der Waals surface area contributed by atoms with E-state index in [-0.39, 0.29) is 6.04 Å². The highest BCUT2D eigenvalue weighted by Crippen LogP contribution is 2.10. The summed E-state index contributed by atoms with van der Waals surface area (Å²) in [6.45, 7) is 1.34. The van der Waals surface area contributed by atoms with Gasteiger partial charge in [0.25, 0.3) is 0 Å². The summed E-state index contributed by atoms with van der Waals surface area (Å²) < 4.78 is 5.65. The molecule has 2 nitrogen and oxygen atoms in total. The van der Waals surface area contributed by atoms with Gasteiger partial charge in [-0.1, -0.05) is 60.7 Å². The van der Waals surface area contributed by atoms with Crippen LogP contribution in [0.25, 0.3) is 0 Å². The first kappa shape index (κ1) is 13.8. The maximum absolute atomic E-state index is 6.06. The van der Waals surface area contributed by atoms with Gasteiger partial charge in [0.2, 0.25) is 0 Å². The maximum atomic E-state index is 6.06. The Bertz CT molecular complexity index is 455. The Kier molecular flexibility index (Phi) is 5.60. The molecule has 2 N–H and O–H groups in total. The van der Waals surface area contributed by atoms with Crippen LogP contribution in [0.1, 0.15) is 23.6 Å². The lowest BCUT2D eigenvalue weighted by Gasteiger charge is -2.12. The quantitative estimate of drug-likeness (QED) is 0.770. The molecule has 0 heterocycles. The average molecular weight is 255 g/mol. The fourth-order valence-electron chi connectivity index (χ4n) is 2.03. The van der Waals surface area contributed by atoms with Crippen LogP contribution >= 0.6 is 0 Å². The lowest BCUT2D eigenvalue weighted by atomic mass is 10.1.